The molecular weight excluding hydrogens is 331 g/mol. The van der Waals surface area contributed by atoms with Gasteiger partial charge in [-0.15, -0.1) is 0 Å². The van der Waals surface area contributed by atoms with Crippen molar-refractivity contribution in [2.75, 3.05) is 0 Å². The van der Waals surface area contributed by atoms with Gasteiger partial charge in [-0.05, 0) is 40.2 Å². The first-order chi connectivity index (χ1) is 9.54. The van der Waals surface area contributed by atoms with Crippen molar-refractivity contribution >= 4 is 27.7 Å². The van der Waals surface area contributed by atoms with Crippen LogP contribution in [0.3, 0.4) is 0 Å². The number of nitrogens with two attached hydrogens (primary N) is 1. The monoisotopic (exact) mass is 340 g/mol. The lowest BCUT2D eigenvalue weighted by Gasteiger charge is -2.01. The van der Waals surface area contributed by atoms with E-state index in [1.807, 2.05) is 0 Å². The van der Waals surface area contributed by atoms with Gasteiger partial charge < -0.3 is 10.6 Å². The number of halogens is 2. The maximum absolute atomic E-state index is 12.7. The molecule has 1 aromatic carbocycles. The third-order valence-electron chi connectivity index (χ3n) is 2.28. The Morgan fingerprint density at radius 3 is 2.75 bits per heavy atom. The van der Waals surface area contributed by atoms with Gasteiger partial charge in [-0.3, -0.25) is 4.68 Å². The summed E-state index contributed by atoms with van der Waals surface area (Å²) in [7, 11) is 0. The Kier molecular flexibility index (Phi) is 4.46. The van der Waals surface area contributed by atoms with Crippen molar-refractivity contribution in [1.29, 1.82) is 0 Å². The lowest BCUT2D eigenvalue weighted by molar-refractivity contribution is -0.144. The van der Waals surface area contributed by atoms with Crippen molar-refractivity contribution < 1.29 is 14.0 Å². The van der Waals surface area contributed by atoms with Gasteiger partial charge in [0.25, 0.3) is 0 Å². The highest BCUT2D eigenvalue weighted by Gasteiger charge is 2.07. The van der Waals surface area contributed by atoms with Gasteiger partial charge in [-0.2, -0.15) is 5.10 Å². The van der Waals surface area contributed by atoms with Crippen LogP contribution in [-0.4, -0.2) is 21.6 Å². The highest BCUT2D eigenvalue weighted by molar-refractivity contribution is 9.10. The van der Waals surface area contributed by atoms with Gasteiger partial charge in [-0.25, -0.2) is 9.18 Å². The van der Waals surface area contributed by atoms with E-state index in [1.165, 1.54) is 28.9 Å². The second-order valence-corrected chi connectivity index (χ2v) is 4.72. The van der Waals surface area contributed by atoms with Gasteiger partial charge in [0.1, 0.15) is 12.4 Å². The zero-order valence-corrected chi connectivity index (χ0v) is 11.7. The number of oxime groups is 1. The van der Waals surface area contributed by atoms with Gasteiger partial charge >= 0.3 is 5.97 Å². The predicted molar refractivity (Wildman–Crippen MR) is 73.1 cm³/mol. The minimum absolute atomic E-state index is 0.0139. The fourth-order valence-electron chi connectivity index (χ4n) is 1.36. The van der Waals surface area contributed by atoms with E-state index in [0.29, 0.717) is 5.56 Å². The molecule has 0 unspecified atom stereocenters. The average molecular weight is 341 g/mol. The number of rotatable bonds is 4. The first-order valence-electron chi connectivity index (χ1n) is 5.52. The second-order valence-electron chi connectivity index (χ2n) is 3.80. The molecule has 0 fully saturated rings. The molecular formula is C12H10BrFN4O2. The summed E-state index contributed by atoms with van der Waals surface area (Å²) < 4.78 is 14.9. The Morgan fingerprint density at radius 2 is 2.15 bits per heavy atom. The summed E-state index contributed by atoms with van der Waals surface area (Å²) in [4.78, 5) is 16.1. The lowest BCUT2D eigenvalue weighted by atomic mass is 10.2. The van der Waals surface area contributed by atoms with Crippen LogP contribution >= 0.6 is 15.9 Å². The summed E-state index contributed by atoms with van der Waals surface area (Å²) in [6.07, 6.45) is 3.16. The van der Waals surface area contributed by atoms with E-state index in [9.17, 15) is 9.18 Å². The van der Waals surface area contributed by atoms with E-state index in [2.05, 4.69) is 31.0 Å². The predicted octanol–water partition coefficient (Wildman–Crippen LogP) is 1.65. The summed E-state index contributed by atoms with van der Waals surface area (Å²) in [5.41, 5.74) is 6.07. The average Bonchev–Trinajstić information content (AvgIpc) is 2.82. The number of hydrogen-bond acceptors (Lipinski definition) is 4. The minimum atomic E-state index is -0.620. The van der Waals surface area contributed by atoms with E-state index in [0.717, 1.165) is 4.47 Å². The van der Waals surface area contributed by atoms with Gasteiger partial charge in [0, 0.05) is 11.8 Å². The van der Waals surface area contributed by atoms with Crippen LogP contribution in [0.25, 0.3) is 0 Å². The van der Waals surface area contributed by atoms with E-state index >= 15 is 0 Å². The zero-order valence-electron chi connectivity index (χ0n) is 10.2. The van der Waals surface area contributed by atoms with Crippen molar-refractivity contribution in [2.24, 2.45) is 10.9 Å². The highest BCUT2D eigenvalue weighted by atomic mass is 79.9. The molecule has 0 aliphatic carbocycles. The van der Waals surface area contributed by atoms with Gasteiger partial charge in [-0.1, -0.05) is 5.16 Å². The molecule has 0 aliphatic heterocycles. The maximum atomic E-state index is 12.7. The number of hydrogen-bond donors (Lipinski definition) is 1. The van der Waals surface area contributed by atoms with Crippen LogP contribution in [0.1, 0.15) is 5.56 Å². The largest absolute Gasteiger partial charge is 0.380 e. The van der Waals surface area contributed by atoms with Crippen LogP contribution in [0.5, 0.6) is 0 Å². The number of carbonyl (C=O) groups excluding carboxylic acids is 1. The van der Waals surface area contributed by atoms with Gasteiger partial charge in [0.15, 0.2) is 5.84 Å². The minimum Gasteiger partial charge on any atom is -0.380 e. The van der Waals surface area contributed by atoms with Gasteiger partial charge in [0.05, 0.1) is 10.7 Å². The normalized spacial score (nSPS) is 11.4. The van der Waals surface area contributed by atoms with Crippen molar-refractivity contribution in [3.05, 3.63) is 52.5 Å². The van der Waals surface area contributed by atoms with Gasteiger partial charge in [0.2, 0.25) is 0 Å². The van der Waals surface area contributed by atoms with Crippen molar-refractivity contribution in [3.8, 4) is 0 Å². The van der Waals surface area contributed by atoms with Crippen molar-refractivity contribution in [2.45, 2.75) is 6.54 Å². The summed E-state index contributed by atoms with van der Waals surface area (Å²) in [6.45, 7) is -0.0915. The molecule has 6 nitrogen and oxygen atoms in total. The number of amidine groups is 1. The molecule has 0 radical (unpaired) electrons. The summed E-state index contributed by atoms with van der Waals surface area (Å²) in [5.74, 6) is -1.02. The van der Waals surface area contributed by atoms with E-state index in [-0.39, 0.29) is 18.2 Å². The topological polar surface area (TPSA) is 82.5 Å². The van der Waals surface area contributed by atoms with Crippen LogP contribution < -0.4 is 5.73 Å². The summed E-state index contributed by atoms with van der Waals surface area (Å²) in [5, 5.41) is 7.39. The van der Waals surface area contributed by atoms with E-state index < -0.39 is 5.97 Å². The molecule has 0 saturated heterocycles. The highest BCUT2D eigenvalue weighted by Crippen LogP contribution is 2.06. The Morgan fingerprint density at radius 1 is 1.45 bits per heavy atom. The molecule has 1 aromatic heterocycles. The molecule has 1 heterocycles. The molecule has 20 heavy (non-hydrogen) atoms. The molecule has 0 atom stereocenters. The van der Waals surface area contributed by atoms with Crippen LogP contribution in [0.2, 0.25) is 0 Å². The molecule has 0 bridgehead atoms. The SMILES string of the molecule is N/C(=N\OC(=O)Cn1cc(Br)cn1)c1ccc(F)cc1. The Labute approximate surface area is 122 Å². The Balaban J connectivity index is 1.94. The lowest BCUT2D eigenvalue weighted by Crippen LogP contribution is -2.17. The number of benzene rings is 1. The van der Waals surface area contributed by atoms with E-state index in [4.69, 9.17) is 5.73 Å². The smallest absolute Gasteiger partial charge is 0.356 e. The molecule has 0 spiro atoms. The summed E-state index contributed by atoms with van der Waals surface area (Å²) >= 11 is 3.21. The first kappa shape index (κ1) is 14.2. The molecule has 2 rings (SSSR count). The Bertz CT molecular complexity index is 639. The standard InChI is InChI=1S/C12H10BrFN4O2/c13-9-5-16-18(6-9)7-11(19)20-17-12(15)8-1-3-10(14)4-2-8/h1-6H,7H2,(H2,15,17). The fraction of sp³-hybridized carbons (Fsp3) is 0.0833. The molecule has 0 aliphatic rings. The third-order valence-corrected chi connectivity index (χ3v) is 2.69. The van der Waals surface area contributed by atoms with Crippen LogP contribution in [-0.2, 0) is 16.2 Å². The number of carbonyl (C=O) groups is 1. The second kappa shape index (κ2) is 6.29. The zero-order chi connectivity index (χ0) is 14.5. The summed E-state index contributed by atoms with van der Waals surface area (Å²) in [6, 6.07) is 5.35. The fourth-order valence-corrected chi connectivity index (χ4v) is 1.69. The molecule has 2 N–H and O–H groups in total. The molecule has 2 aromatic rings. The van der Waals surface area contributed by atoms with Crippen LogP contribution in [0.4, 0.5) is 4.39 Å². The number of nitrogens with zero attached hydrogens (tertiary/aromatic N) is 3. The Hall–Kier alpha value is -2.22. The maximum Gasteiger partial charge on any atom is 0.356 e. The van der Waals surface area contributed by atoms with Crippen LogP contribution in [0, 0.1) is 5.82 Å². The molecule has 8 heteroatoms. The first-order valence-corrected chi connectivity index (χ1v) is 6.31. The van der Waals surface area contributed by atoms with E-state index in [1.54, 1.807) is 12.4 Å². The van der Waals surface area contributed by atoms with Crippen molar-refractivity contribution in [1.82, 2.24) is 9.78 Å². The quantitative estimate of drug-likeness (QED) is 0.397. The van der Waals surface area contributed by atoms with Crippen LogP contribution in [0.15, 0.2) is 46.3 Å². The molecule has 0 amide bonds. The third kappa shape index (κ3) is 3.89. The number of aromatic nitrogens is 2. The molecule has 0 saturated carbocycles. The molecule has 104 valence electrons. The van der Waals surface area contributed by atoms with Crippen molar-refractivity contribution in [3.63, 3.8) is 0 Å².